The predicted molar refractivity (Wildman–Crippen MR) is 75.5 cm³/mol. The van der Waals surface area contributed by atoms with Crippen molar-refractivity contribution in [2.75, 3.05) is 7.05 Å². The Morgan fingerprint density at radius 2 is 1.95 bits per heavy atom. The highest BCUT2D eigenvalue weighted by molar-refractivity contribution is 5.74. The van der Waals surface area contributed by atoms with Gasteiger partial charge in [-0.15, -0.1) is 0 Å². The van der Waals surface area contributed by atoms with E-state index >= 15 is 0 Å². The number of halogens is 3. The third-order valence-electron chi connectivity index (χ3n) is 2.96. The lowest BCUT2D eigenvalue weighted by Gasteiger charge is -2.12. The van der Waals surface area contributed by atoms with Gasteiger partial charge >= 0.3 is 12.2 Å². The lowest BCUT2D eigenvalue weighted by Crippen LogP contribution is -2.24. The Balaban J connectivity index is 2.64. The van der Waals surface area contributed by atoms with Crippen molar-refractivity contribution in [3.8, 4) is 5.69 Å². The molecular weight excluding hydrogens is 295 g/mol. The Kier molecular flexibility index (Phi) is 4.35. The van der Waals surface area contributed by atoms with E-state index in [4.69, 9.17) is 0 Å². The average molecular weight is 309 g/mol. The molecule has 0 saturated heterocycles. The Hall–Kier alpha value is -2.57. The van der Waals surface area contributed by atoms with Crippen molar-refractivity contribution in [2.45, 2.75) is 13.1 Å². The van der Waals surface area contributed by atoms with Gasteiger partial charge in [-0.25, -0.2) is 4.79 Å². The fourth-order valence-electron chi connectivity index (χ4n) is 1.89. The van der Waals surface area contributed by atoms with Crippen LogP contribution in [0.4, 0.5) is 18.0 Å². The molecule has 0 aliphatic heterocycles. The van der Waals surface area contributed by atoms with Gasteiger partial charge in [0.1, 0.15) is 5.49 Å². The zero-order valence-corrected chi connectivity index (χ0v) is 12.0. The number of amides is 2. The topological polar surface area (TPSA) is 46.4 Å². The van der Waals surface area contributed by atoms with Gasteiger partial charge in [0, 0.05) is 18.9 Å². The first-order chi connectivity index (χ1) is 10.3. The first-order valence-corrected chi connectivity index (χ1v) is 6.44. The Morgan fingerprint density at radius 1 is 1.23 bits per heavy atom. The molecule has 0 saturated carbocycles. The summed E-state index contributed by atoms with van der Waals surface area (Å²) in [5.74, 6) is 0. The number of carbonyl (C=O) groups is 1. The van der Waals surface area contributed by atoms with Gasteiger partial charge in [0.25, 0.3) is 0 Å². The number of alkyl halides is 3. The third kappa shape index (κ3) is 3.55. The van der Waals surface area contributed by atoms with Crippen LogP contribution >= 0.6 is 0 Å². The first-order valence-electron chi connectivity index (χ1n) is 6.44. The third-order valence-corrected chi connectivity index (χ3v) is 2.96. The maximum Gasteiger partial charge on any atom is 0.416 e. The molecule has 2 amide bonds. The van der Waals surface area contributed by atoms with Crippen LogP contribution in [0.2, 0.25) is 0 Å². The molecule has 2 rings (SSSR count). The zero-order chi connectivity index (χ0) is 16.3. The largest absolute Gasteiger partial charge is 0.416 e. The summed E-state index contributed by atoms with van der Waals surface area (Å²) in [5.41, 5.74) is 0.587. The number of rotatable bonds is 1. The van der Waals surface area contributed by atoms with Crippen LogP contribution in [0.3, 0.4) is 0 Å². The second kappa shape index (κ2) is 6.05. The van der Waals surface area contributed by atoms with E-state index in [2.05, 4.69) is 10.3 Å². The summed E-state index contributed by atoms with van der Waals surface area (Å²) in [6.45, 7) is 1.80. The normalized spacial score (nSPS) is 12.3. The molecule has 7 heteroatoms. The average Bonchev–Trinajstić information content (AvgIpc) is 2.48. The number of urea groups is 1. The Bertz CT molecular complexity index is 763. The molecule has 1 aromatic heterocycles. The van der Waals surface area contributed by atoms with Crippen molar-refractivity contribution in [2.24, 2.45) is 4.99 Å². The molecule has 116 valence electrons. The molecule has 22 heavy (non-hydrogen) atoms. The number of aromatic nitrogens is 1. The van der Waals surface area contributed by atoms with Gasteiger partial charge in [-0.05, 0) is 36.8 Å². The highest BCUT2D eigenvalue weighted by Gasteiger charge is 2.30. The molecule has 0 fully saturated rings. The molecule has 0 bridgehead atoms. The Labute approximate surface area is 124 Å². The predicted octanol–water partition coefficient (Wildman–Crippen LogP) is 3.04. The minimum absolute atomic E-state index is 0.240. The number of nitrogens with one attached hydrogen (secondary N) is 1. The smallest absolute Gasteiger partial charge is 0.339 e. The van der Waals surface area contributed by atoms with Crippen molar-refractivity contribution < 1.29 is 18.0 Å². The van der Waals surface area contributed by atoms with Crippen molar-refractivity contribution >= 4 is 6.03 Å². The van der Waals surface area contributed by atoms with E-state index in [9.17, 15) is 18.0 Å². The molecule has 2 aromatic rings. The number of hydrogen-bond donors (Lipinski definition) is 1. The number of benzene rings is 1. The fourth-order valence-corrected chi connectivity index (χ4v) is 1.89. The summed E-state index contributed by atoms with van der Waals surface area (Å²) in [6.07, 6.45) is -2.81. The quantitative estimate of drug-likeness (QED) is 0.864. The van der Waals surface area contributed by atoms with Crippen molar-refractivity contribution in [3.63, 3.8) is 0 Å². The summed E-state index contributed by atoms with van der Waals surface area (Å²) in [4.78, 5) is 15.2. The summed E-state index contributed by atoms with van der Waals surface area (Å²) >= 11 is 0. The number of nitrogens with zero attached hydrogens (tertiary/aromatic N) is 2. The Morgan fingerprint density at radius 3 is 2.59 bits per heavy atom. The number of aryl methyl sites for hydroxylation is 1. The highest BCUT2D eigenvalue weighted by atomic mass is 19.4. The molecule has 0 spiro atoms. The lowest BCUT2D eigenvalue weighted by molar-refractivity contribution is -0.137. The maximum absolute atomic E-state index is 12.8. The van der Waals surface area contributed by atoms with Crippen LogP contribution in [-0.2, 0) is 6.18 Å². The second-order valence-electron chi connectivity index (χ2n) is 4.65. The SMILES string of the molecule is CNC(=O)/N=c1\ccc(C)cn1-c1cccc(C(F)(F)F)c1. The van der Waals surface area contributed by atoms with E-state index in [1.165, 1.54) is 23.7 Å². The van der Waals surface area contributed by atoms with E-state index in [0.717, 1.165) is 17.7 Å². The van der Waals surface area contributed by atoms with E-state index in [1.807, 2.05) is 0 Å². The molecule has 0 radical (unpaired) electrons. The molecule has 0 aliphatic carbocycles. The van der Waals surface area contributed by atoms with Crippen LogP contribution in [0.15, 0.2) is 47.6 Å². The molecular formula is C15H14F3N3O. The van der Waals surface area contributed by atoms with E-state index in [0.29, 0.717) is 0 Å². The van der Waals surface area contributed by atoms with Crippen LogP contribution in [0.1, 0.15) is 11.1 Å². The lowest BCUT2D eigenvalue weighted by atomic mass is 10.2. The molecule has 1 heterocycles. The molecule has 0 unspecified atom stereocenters. The van der Waals surface area contributed by atoms with Gasteiger partial charge in [-0.3, -0.25) is 0 Å². The number of hydrogen-bond acceptors (Lipinski definition) is 1. The second-order valence-corrected chi connectivity index (χ2v) is 4.65. The van der Waals surface area contributed by atoms with Gasteiger partial charge in [-0.1, -0.05) is 12.1 Å². The molecule has 1 N–H and O–H groups in total. The molecule has 1 aromatic carbocycles. The number of carbonyl (C=O) groups excluding carboxylic acids is 1. The van der Waals surface area contributed by atoms with Gasteiger partial charge in [0.05, 0.1) is 5.56 Å². The van der Waals surface area contributed by atoms with Crippen LogP contribution in [-0.4, -0.2) is 17.6 Å². The van der Waals surface area contributed by atoms with Gasteiger partial charge in [0.2, 0.25) is 0 Å². The van der Waals surface area contributed by atoms with E-state index in [-0.39, 0.29) is 11.2 Å². The van der Waals surface area contributed by atoms with Crippen molar-refractivity contribution in [1.29, 1.82) is 0 Å². The van der Waals surface area contributed by atoms with Gasteiger partial charge in [0.15, 0.2) is 0 Å². The van der Waals surface area contributed by atoms with Crippen LogP contribution in [0.5, 0.6) is 0 Å². The number of pyridine rings is 1. The van der Waals surface area contributed by atoms with Crippen molar-refractivity contribution in [1.82, 2.24) is 9.88 Å². The van der Waals surface area contributed by atoms with E-state index in [1.54, 1.807) is 25.3 Å². The fraction of sp³-hybridized carbons (Fsp3) is 0.200. The minimum atomic E-state index is -4.43. The molecule has 0 aliphatic rings. The minimum Gasteiger partial charge on any atom is -0.339 e. The first kappa shape index (κ1) is 15.8. The van der Waals surface area contributed by atoms with Crippen molar-refractivity contribution in [3.05, 3.63) is 59.2 Å². The maximum atomic E-state index is 12.8. The molecule has 0 atom stereocenters. The summed E-state index contributed by atoms with van der Waals surface area (Å²) < 4.78 is 39.9. The van der Waals surface area contributed by atoms with Gasteiger partial charge < -0.3 is 9.88 Å². The molecule has 4 nitrogen and oxygen atoms in total. The van der Waals surface area contributed by atoms with Crippen LogP contribution in [0.25, 0.3) is 5.69 Å². The van der Waals surface area contributed by atoms with Crippen LogP contribution in [0, 0.1) is 6.92 Å². The monoisotopic (exact) mass is 309 g/mol. The van der Waals surface area contributed by atoms with Gasteiger partial charge in [-0.2, -0.15) is 18.2 Å². The van der Waals surface area contributed by atoms with E-state index < -0.39 is 17.8 Å². The summed E-state index contributed by atoms with van der Waals surface area (Å²) in [5, 5.41) is 2.34. The standard InChI is InChI=1S/C15H14F3N3O/c1-10-6-7-13(20-14(22)19-2)21(9-10)12-5-3-4-11(8-12)15(16,17)18/h3-9H,1-2H3,(H,19,22)/b20-13+. The zero-order valence-electron chi connectivity index (χ0n) is 12.0. The highest BCUT2D eigenvalue weighted by Crippen LogP contribution is 2.30. The summed E-state index contributed by atoms with van der Waals surface area (Å²) in [7, 11) is 1.43. The summed E-state index contributed by atoms with van der Waals surface area (Å²) in [6, 6.07) is 7.58. The van der Waals surface area contributed by atoms with Crippen LogP contribution < -0.4 is 10.8 Å².